The second-order valence-electron chi connectivity index (χ2n) is 7.61. The average Bonchev–Trinajstić information content (AvgIpc) is 3.30. The highest BCUT2D eigenvalue weighted by atomic mass is 32.1. The first-order valence-electron chi connectivity index (χ1n) is 10.5. The molecule has 3 aromatic rings. The van der Waals surface area contributed by atoms with Crippen LogP contribution in [-0.2, 0) is 11.2 Å². The van der Waals surface area contributed by atoms with Gasteiger partial charge in [-0.05, 0) is 62.0 Å². The Balaban J connectivity index is 1.73. The lowest BCUT2D eigenvalue weighted by molar-refractivity contribution is -0.118. The Morgan fingerprint density at radius 3 is 2.26 bits per heavy atom. The molecule has 0 bridgehead atoms. The molecule has 1 aromatic heterocycles. The van der Waals surface area contributed by atoms with Crippen LogP contribution in [0.25, 0.3) is 0 Å². The fourth-order valence-electron chi connectivity index (χ4n) is 3.51. The first-order chi connectivity index (χ1) is 15.0. The van der Waals surface area contributed by atoms with Crippen molar-refractivity contribution in [2.45, 2.75) is 39.3 Å². The molecular formula is C25H29N3O2S. The monoisotopic (exact) mass is 435 g/mol. The van der Waals surface area contributed by atoms with E-state index in [9.17, 15) is 9.59 Å². The van der Waals surface area contributed by atoms with Crippen LogP contribution in [0.3, 0.4) is 0 Å². The Hall–Kier alpha value is -3.12. The van der Waals surface area contributed by atoms with Crippen LogP contribution in [0.5, 0.6) is 0 Å². The molecule has 1 heterocycles. The molecule has 5 nitrogen and oxygen atoms in total. The van der Waals surface area contributed by atoms with Gasteiger partial charge in [0.15, 0.2) is 0 Å². The van der Waals surface area contributed by atoms with Crippen LogP contribution in [0.2, 0.25) is 0 Å². The molecule has 3 rings (SSSR count). The van der Waals surface area contributed by atoms with Crippen LogP contribution in [0.1, 0.15) is 36.0 Å². The van der Waals surface area contributed by atoms with Crippen LogP contribution in [0.4, 0.5) is 11.4 Å². The zero-order valence-corrected chi connectivity index (χ0v) is 19.0. The molecule has 0 aliphatic heterocycles. The van der Waals surface area contributed by atoms with Gasteiger partial charge in [-0.25, -0.2) is 0 Å². The predicted molar refractivity (Wildman–Crippen MR) is 129 cm³/mol. The minimum Gasteiger partial charge on any atom is -0.369 e. The molecule has 162 valence electrons. The largest absolute Gasteiger partial charge is 0.369 e. The number of benzene rings is 2. The summed E-state index contributed by atoms with van der Waals surface area (Å²) in [4.78, 5) is 28.5. The van der Waals surface area contributed by atoms with Gasteiger partial charge in [0.25, 0.3) is 5.91 Å². The van der Waals surface area contributed by atoms with Crippen molar-refractivity contribution in [2.24, 2.45) is 0 Å². The summed E-state index contributed by atoms with van der Waals surface area (Å²) in [6.07, 6.45) is 0.416. The van der Waals surface area contributed by atoms with Gasteiger partial charge in [0.2, 0.25) is 5.91 Å². The number of nitrogens with zero attached hydrogens (tertiary/aromatic N) is 1. The highest BCUT2D eigenvalue weighted by molar-refractivity contribution is 7.12. The number of amides is 2. The van der Waals surface area contributed by atoms with Crippen molar-refractivity contribution in [3.8, 4) is 0 Å². The van der Waals surface area contributed by atoms with E-state index in [0.29, 0.717) is 23.0 Å². The molecule has 0 radical (unpaired) electrons. The number of hydrogen-bond donors (Lipinski definition) is 2. The van der Waals surface area contributed by atoms with Crippen molar-refractivity contribution in [1.29, 1.82) is 0 Å². The molecule has 31 heavy (non-hydrogen) atoms. The van der Waals surface area contributed by atoms with Gasteiger partial charge in [0.1, 0.15) is 6.04 Å². The standard InChI is InChI=1S/C25H29N3O2S/c1-4-28(18(2)3)21-14-12-20(13-15-21)26-24(29)22(17-19-9-6-5-7-10-19)27-25(30)23-11-8-16-31-23/h5-16,18,22H,4,17H2,1-3H3,(H,26,29)(H,27,30)/t22-/m1/s1. The maximum absolute atomic E-state index is 13.1. The number of thiophene rings is 1. The Morgan fingerprint density at radius 1 is 0.968 bits per heavy atom. The fourth-order valence-corrected chi connectivity index (χ4v) is 4.13. The topological polar surface area (TPSA) is 61.4 Å². The van der Waals surface area contributed by atoms with Crippen molar-refractivity contribution >= 4 is 34.5 Å². The highest BCUT2D eigenvalue weighted by Gasteiger charge is 2.22. The molecule has 2 N–H and O–H groups in total. The molecule has 0 fully saturated rings. The number of nitrogens with one attached hydrogen (secondary N) is 2. The maximum Gasteiger partial charge on any atom is 0.262 e. The van der Waals surface area contributed by atoms with Crippen LogP contribution < -0.4 is 15.5 Å². The summed E-state index contributed by atoms with van der Waals surface area (Å²) >= 11 is 1.36. The summed E-state index contributed by atoms with van der Waals surface area (Å²) in [5.41, 5.74) is 2.80. The van der Waals surface area contributed by atoms with Gasteiger partial charge in [-0.15, -0.1) is 11.3 Å². The molecule has 0 spiro atoms. The van der Waals surface area contributed by atoms with Gasteiger partial charge in [-0.2, -0.15) is 0 Å². The van der Waals surface area contributed by atoms with E-state index in [2.05, 4.69) is 36.3 Å². The lowest BCUT2D eigenvalue weighted by Gasteiger charge is -2.27. The van der Waals surface area contributed by atoms with E-state index < -0.39 is 6.04 Å². The molecule has 2 aromatic carbocycles. The van der Waals surface area contributed by atoms with Crippen molar-refractivity contribution in [1.82, 2.24) is 5.32 Å². The van der Waals surface area contributed by atoms with Crippen LogP contribution in [0.15, 0.2) is 72.1 Å². The van der Waals surface area contributed by atoms with E-state index in [1.165, 1.54) is 11.3 Å². The SMILES string of the molecule is CCN(c1ccc(NC(=O)[C@@H](Cc2ccccc2)NC(=O)c2cccs2)cc1)C(C)C. The minimum absolute atomic E-state index is 0.238. The Kier molecular flexibility index (Phi) is 7.84. The van der Waals surface area contributed by atoms with Crippen molar-refractivity contribution in [3.05, 3.63) is 82.6 Å². The van der Waals surface area contributed by atoms with Crippen molar-refractivity contribution in [3.63, 3.8) is 0 Å². The van der Waals surface area contributed by atoms with Gasteiger partial charge in [0, 0.05) is 30.4 Å². The third kappa shape index (κ3) is 6.18. The number of rotatable bonds is 9. The zero-order valence-electron chi connectivity index (χ0n) is 18.2. The number of carbonyl (C=O) groups excluding carboxylic acids is 2. The third-order valence-corrected chi connectivity index (χ3v) is 5.95. The third-order valence-electron chi connectivity index (χ3n) is 5.08. The van der Waals surface area contributed by atoms with Gasteiger partial charge in [0.05, 0.1) is 4.88 Å². The first-order valence-corrected chi connectivity index (χ1v) is 11.4. The summed E-state index contributed by atoms with van der Waals surface area (Å²) in [7, 11) is 0. The van der Waals surface area contributed by atoms with Gasteiger partial charge in [-0.3, -0.25) is 9.59 Å². The Labute approximate surface area is 188 Å². The van der Waals surface area contributed by atoms with Gasteiger partial charge >= 0.3 is 0 Å². The molecule has 0 aliphatic rings. The average molecular weight is 436 g/mol. The molecule has 0 saturated heterocycles. The second kappa shape index (κ2) is 10.8. The highest BCUT2D eigenvalue weighted by Crippen LogP contribution is 2.20. The molecule has 2 amide bonds. The molecule has 6 heteroatoms. The Morgan fingerprint density at radius 2 is 1.68 bits per heavy atom. The van der Waals surface area contributed by atoms with E-state index in [-0.39, 0.29) is 11.8 Å². The van der Waals surface area contributed by atoms with Crippen molar-refractivity contribution in [2.75, 3.05) is 16.8 Å². The zero-order chi connectivity index (χ0) is 22.2. The lowest BCUT2D eigenvalue weighted by atomic mass is 10.0. The molecule has 0 saturated carbocycles. The van der Waals surface area contributed by atoms with E-state index >= 15 is 0 Å². The van der Waals surface area contributed by atoms with Crippen LogP contribution in [-0.4, -0.2) is 30.4 Å². The van der Waals surface area contributed by atoms with Crippen LogP contribution in [0, 0.1) is 0 Å². The number of anilines is 2. The van der Waals surface area contributed by atoms with E-state index in [1.54, 1.807) is 6.07 Å². The van der Waals surface area contributed by atoms with Crippen molar-refractivity contribution < 1.29 is 9.59 Å². The fraction of sp³-hybridized carbons (Fsp3) is 0.280. The summed E-state index contributed by atoms with van der Waals surface area (Å²) in [6, 6.07) is 20.8. The van der Waals surface area contributed by atoms with E-state index in [0.717, 1.165) is 17.8 Å². The normalized spacial score (nSPS) is 11.7. The smallest absolute Gasteiger partial charge is 0.262 e. The molecule has 0 aliphatic carbocycles. The molecule has 1 atom stereocenters. The summed E-state index contributed by atoms with van der Waals surface area (Å²) in [6.45, 7) is 7.35. The van der Waals surface area contributed by atoms with Crippen LogP contribution >= 0.6 is 11.3 Å². The summed E-state index contributed by atoms with van der Waals surface area (Å²) < 4.78 is 0. The lowest BCUT2D eigenvalue weighted by Crippen LogP contribution is -2.45. The maximum atomic E-state index is 13.1. The minimum atomic E-state index is -0.681. The number of carbonyl (C=O) groups is 2. The Bertz CT molecular complexity index is 970. The molecule has 0 unspecified atom stereocenters. The summed E-state index contributed by atoms with van der Waals surface area (Å²) in [5, 5.41) is 7.70. The van der Waals surface area contributed by atoms with Gasteiger partial charge in [-0.1, -0.05) is 36.4 Å². The van der Waals surface area contributed by atoms with E-state index in [1.807, 2.05) is 66.0 Å². The summed E-state index contributed by atoms with van der Waals surface area (Å²) in [5.74, 6) is -0.477. The predicted octanol–water partition coefficient (Wildman–Crippen LogP) is 4.96. The first kappa shape index (κ1) is 22.6. The number of hydrogen-bond acceptors (Lipinski definition) is 4. The molecular weight excluding hydrogens is 406 g/mol. The quantitative estimate of drug-likeness (QED) is 0.499. The van der Waals surface area contributed by atoms with Gasteiger partial charge < -0.3 is 15.5 Å². The van der Waals surface area contributed by atoms with E-state index in [4.69, 9.17) is 0 Å². The second-order valence-corrected chi connectivity index (χ2v) is 8.56.